The SMILES string of the molecule is O=C(N[C@@H](Cc1ccccc1)c1nc(C(=O)Nc2ccccc2)co1)c1ccncc1. The van der Waals surface area contributed by atoms with Crippen LogP contribution in [-0.4, -0.2) is 21.8 Å². The Labute approximate surface area is 179 Å². The second-order valence-electron chi connectivity index (χ2n) is 6.84. The first-order chi connectivity index (χ1) is 15.2. The number of nitrogens with one attached hydrogen (secondary N) is 2. The lowest BCUT2D eigenvalue weighted by Gasteiger charge is -2.16. The molecule has 2 N–H and O–H groups in total. The second-order valence-corrected chi connectivity index (χ2v) is 6.84. The molecule has 0 aliphatic heterocycles. The van der Waals surface area contributed by atoms with E-state index in [2.05, 4.69) is 20.6 Å². The van der Waals surface area contributed by atoms with Gasteiger partial charge >= 0.3 is 0 Å². The molecule has 0 saturated heterocycles. The van der Waals surface area contributed by atoms with E-state index in [0.717, 1.165) is 5.56 Å². The molecule has 0 saturated carbocycles. The van der Waals surface area contributed by atoms with E-state index in [1.54, 1.807) is 36.7 Å². The summed E-state index contributed by atoms with van der Waals surface area (Å²) in [5, 5.41) is 5.72. The minimum atomic E-state index is -0.554. The zero-order chi connectivity index (χ0) is 21.5. The van der Waals surface area contributed by atoms with E-state index in [1.807, 2.05) is 48.5 Å². The Kier molecular flexibility index (Phi) is 6.13. The molecule has 1 atom stereocenters. The van der Waals surface area contributed by atoms with E-state index < -0.39 is 6.04 Å². The number of nitrogens with zero attached hydrogens (tertiary/aromatic N) is 2. The van der Waals surface area contributed by atoms with Crippen LogP contribution in [0.3, 0.4) is 0 Å². The van der Waals surface area contributed by atoms with Gasteiger partial charge in [-0.15, -0.1) is 0 Å². The molecule has 0 aliphatic rings. The number of aromatic nitrogens is 2. The van der Waals surface area contributed by atoms with Gasteiger partial charge in [0.05, 0.1) is 0 Å². The molecule has 0 bridgehead atoms. The predicted octanol–water partition coefficient (Wildman–Crippen LogP) is 4.04. The summed E-state index contributed by atoms with van der Waals surface area (Å²) >= 11 is 0. The van der Waals surface area contributed by atoms with Crippen molar-refractivity contribution >= 4 is 17.5 Å². The van der Waals surface area contributed by atoms with Gasteiger partial charge in [-0.3, -0.25) is 14.6 Å². The van der Waals surface area contributed by atoms with Crippen LogP contribution in [0.1, 0.15) is 38.3 Å². The molecule has 4 aromatic rings. The van der Waals surface area contributed by atoms with E-state index in [4.69, 9.17) is 4.42 Å². The van der Waals surface area contributed by atoms with E-state index in [1.165, 1.54) is 6.26 Å². The van der Waals surface area contributed by atoms with Crippen LogP contribution in [-0.2, 0) is 6.42 Å². The van der Waals surface area contributed by atoms with Crippen molar-refractivity contribution in [1.29, 1.82) is 0 Å². The lowest BCUT2D eigenvalue weighted by molar-refractivity contribution is 0.0929. The van der Waals surface area contributed by atoms with Crippen LogP contribution >= 0.6 is 0 Å². The molecule has 0 aliphatic carbocycles. The first-order valence-electron chi connectivity index (χ1n) is 9.75. The molecule has 154 valence electrons. The lowest BCUT2D eigenvalue weighted by atomic mass is 10.1. The molecule has 0 fully saturated rings. The maximum absolute atomic E-state index is 12.7. The van der Waals surface area contributed by atoms with Crippen LogP contribution in [0.5, 0.6) is 0 Å². The normalized spacial score (nSPS) is 11.5. The van der Waals surface area contributed by atoms with Crippen LogP contribution in [0.15, 0.2) is 95.9 Å². The Morgan fingerprint density at radius 1 is 0.871 bits per heavy atom. The van der Waals surface area contributed by atoms with Crippen LogP contribution < -0.4 is 10.6 Å². The fraction of sp³-hybridized carbons (Fsp3) is 0.0833. The first kappa shape index (κ1) is 20.0. The number of hydrogen-bond donors (Lipinski definition) is 2. The van der Waals surface area contributed by atoms with Gasteiger partial charge in [-0.2, -0.15) is 0 Å². The van der Waals surface area contributed by atoms with Crippen LogP contribution in [0.25, 0.3) is 0 Å². The van der Waals surface area contributed by atoms with Crippen molar-refractivity contribution in [2.24, 2.45) is 0 Å². The number of para-hydroxylation sites is 1. The van der Waals surface area contributed by atoms with Gasteiger partial charge in [-0.1, -0.05) is 48.5 Å². The fourth-order valence-electron chi connectivity index (χ4n) is 3.06. The number of benzene rings is 2. The molecule has 2 amide bonds. The zero-order valence-corrected chi connectivity index (χ0v) is 16.6. The van der Waals surface area contributed by atoms with Crippen LogP contribution in [0.4, 0.5) is 5.69 Å². The highest BCUT2D eigenvalue weighted by molar-refractivity contribution is 6.02. The number of pyridine rings is 1. The van der Waals surface area contributed by atoms with Crippen LogP contribution in [0.2, 0.25) is 0 Å². The topological polar surface area (TPSA) is 97.1 Å². The Morgan fingerprint density at radius 2 is 1.55 bits per heavy atom. The Balaban J connectivity index is 1.55. The highest BCUT2D eigenvalue weighted by Gasteiger charge is 2.23. The third-order valence-corrected chi connectivity index (χ3v) is 4.61. The number of hydrogen-bond acceptors (Lipinski definition) is 5. The Morgan fingerprint density at radius 3 is 2.26 bits per heavy atom. The summed E-state index contributed by atoms with van der Waals surface area (Å²) < 4.78 is 5.60. The number of anilines is 1. The predicted molar refractivity (Wildman–Crippen MR) is 115 cm³/mol. The summed E-state index contributed by atoms with van der Waals surface area (Å²) in [4.78, 5) is 33.5. The van der Waals surface area contributed by atoms with Crippen molar-refractivity contribution in [2.75, 3.05) is 5.32 Å². The quantitative estimate of drug-likeness (QED) is 0.478. The van der Waals surface area contributed by atoms with Gasteiger partial charge in [0.25, 0.3) is 11.8 Å². The number of carbonyl (C=O) groups excluding carboxylic acids is 2. The first-order valence-corrected chi connectivity index (χ1v) is 9.75. The van der Waals surface area contributed by atoms with Crippen molar-refractivity contribution in [2.45, 2.75) is 12.5 Å². The smallest absolute Gasteiger partial charge is 0.277 e. The van der Waals surface area contributed by atoms with E-state index in [0.29, 0.717) is 17.7 Å². The zero-order valence-electron chi connectivity index (χ0n) is 16.6. The Hall–Kier alpha value is -4.26. The molecular formula is C24H20N4O3. The minimum Gasteiger partial charge on any atom is -0.446 e. The van der Waals surface area contributed by atoms with E-state index in [-0.39, 0.29) is 23.4 Å². The van der Waals surface area contributed by atoms with E-state index in [9.17, 15) is 9.59 Å². The number of rotatable bonds is 7. The van der Waals surface area contributed by atoms with Gasteiger partial charge in [0.15, 0.2) is 5.69 Å². The van der Waals surface area contributed by atoms with Gasteiger partial charge in [-0.05, 0) is 29.8 Å². The van der Waals surface area contributed by atoms with E-state index >= 15 is 0 Å². The standard InChI is InChI=1S/C24H20N4O3/c29-22(18-11-13-25-14-12-18)27-20(15-17-7-3-1-4-8-17)24-28-21(16-31-24)23(30)26-19-9-5-2-6-10-19/h1-14,16,20H,15H2,(H,26,30)(H,27,29)/t20-/m0/s1. The fourth-order valence-corrected chi connectivity index (χ4v) is 3.06. The third-order valence-electron chi connectivity index (χ3n) is 4.61. The van der Waals surface area contributed by atoms with Crippen molar-refractivity contribution in [3.05, 3.63) is 114 Å². The van der Waals surface area contributed by atoms with Crippen molar-refractivity contribution in [1.82, 2.24) is 15.3 Å². The summed E-state index contributed by atoms with van der Waals surface area (Å²) in [5.74, 6) is -0.415. The molecule has 4 rings (SSSR count). The van der Waals surface area contributed by atoms with Gasteiger partial charge in [-0.25, -0.2) is 4.98 Å². The molecule has 2 aromatic heterocycles. The number of oxazole rings is 1. The van der Waals surface area contributed by atoms with Crippen molar-refractivity contribution in [3.63, 3.8) is 0 Å². The molecule has 0 radical (unpaired) electrons. The average molecular weight is 412 g/mol. The maximum atomic E-state index is 12.7. The second kappa shape index (κ2) is 9.49. The molecule has 0 spiro atoms. The number of amides is 2. The lowest BCUT2D eigenvalue weighted by Crippen LogP contribution is -2.30. The molecule has 2 heterocycles. The van der Waals surface area contributed by atoms with Crippen molar-refractivity contribution < 1.29 is 14.0 Å². The monoisotopic (exact) mass is 412 g/mol. The summed E-state index contributed by atoms with van der Waals surface area (Å²) in [6.45, 7) is 0. The van der Waals surface area contributed by atoms with Gasteiger partial charge in [0, 0.05) is 30.1 Å². The van der Waals surface area contributed by atoms with Crippen molar-refractivity contribution in [3.8, 4) is 0 Å². The minimum absolute atomic E-state index is 0.134. The molecule has 0 unspecified atom stereocenters. The average Bonchev–Trinajstić information content (AvgIpc) is 3.31. The molecule has 2 aromatic carbocycles. The highest BCUT2D eigenvalue weighted by atomic mass is 16.3. The number of carbonyl (C=O) groups is 2. The largest absolute Gasteiger partial charge is 0.446 e. The summed E-state index contributed by atoms with van der Waals surface area (Å²) in [6.07, 6.45) is 4.86. The summed E-state index contributed by atoms with van der Waals surface area (Å²) in [5.41, 5.74) is 2.26. The van der Waals surface area contributed by atoms with Gasteiger partial charge in [0.2, 0.25) is 5.89 Å². The van der Waals surface area contributed by atoms with Gasteiger partial charge in [0.1, 0.15) is 12.3 Å². The molecule has 31 heavy (non-hydrogen) atoms. The summed E-state index contributed by atoms with van der Waals surface area (Å²) in [6, 6.07) is 21.5. The van der Waals surface area contributed by atoms with Crippen LogP contribution in [0, 0.1) is 0 Å². The third kappa shape index (κ3) is 5.22. The van der Waals surface area contributed by atoms with Gasteiger partial charge < -0.3 is 15.1 Å². The highest BCUT2D eigenvalue weighted by Crippen LogP contribution is 2.20. The molecule has 7 nitrogen and oxygen atoms in total. The molecule has 7 heteroatoms. The Bertz CT molecular complexity index is 1150. The summed E-state index contributed by atoms with van der Waals surface area (Å²) in [7, 11) is 0. The maximum Gasteiger partial charge on any atom is 0.277 e. The molecular weight excluding hydrogens is 392 g/mol.